The molecule has 1 unspecified atom stereocenters. The Morgan fingerprint density at radius 3 is 2.86 bits per heavy atom. The van der Waals surface area contributed by atoms with Crippen LogP contribution in [0.1, 0.15) is 22.2 Å². The highest BCUT2D eigenvalue weighted by Crippen LogP contribution is 2.26. The number of thiophene rings is 1. The maximum atomic E-state index is 4.10. The summed E-state index contributed by atoms with van der Waals surface area (Å²) in [6.45, 7) is 2.13. The van der Waals surface area contributed by atoms with Crippen molar-refractivity contribution in [2.24, 2.45) is 0 Å². The van der Waals surface area contributed by atoms with Crippen LogP contribution in [0.5, 0.6) is 0 Å². The number of hydrogen-bond donors (Lipinski definition) is 1. The number of aromatic nitrogens is 2. The zero-order valence-electron chi connectivity index (χ0n) is 8.02. The van der Waals surface area contributed by atoms with Crippen molar-refractivity contribution in [1.82, 2.24) is 14.9 Å². The number of aryl methyl sites for hydroxylation is 1. The van der Waals surface area contributed by atoms with Crippen LogP contribution in [-0.4, -0.2) is 16.6 Å². The maximum Gasteiger partial charge on any atom is 0.0970 e. The highest BCUT2D eigenvalue weighted by atomic mass is 32.1. The van der Waals surface area contributed by atoms with Crippen molar-refractivity contribution in [3.63, 3.8) is 0 Å². The molecule has 3 nitrogen and oxygen atoms in total. The van der Waals surface area contributed by atoms with Gasteiger partial charge in [-0.05, 0) is 42.5 Å². The minimum Gasteiger partial charge on any atom is -0.308 e. The van der Waals surface area contributed by atoms with E-state index in [0.717, 1.165) is 5.69 Å². The van der Waals surface area contributed by atoms with Gasteiger partial charge in [-0.2, -0.15) is 0 Å². The second kappa shape index (κ2) is 4.16. The van der Waals surface area contributed by atoms with Crippen LogP contribution >= 0.6 is 22.9 Å². The van der Waals surface area contributed by atoms with E-state index < -0.39 is 0 Å². The van der Waals surface area contributed by atoms with Gasteiger partial charge in [0.1, 0.15) is 0 Å². The number of nitrogens with zero attached hydrogens (tertiary/aromatic N) is 2. The number of nitrogens with one attached hydrogen (secondary N) is 1. The summed E-state index contributed by atoms with van der Waals surface area (Å²) in [7, 11) is 1.95. The molecule has 0 radical (unpaired) electrons. The van der Waals surface area contributed by atoms with Crippen LogP contribution in [0.25, 0.3) is 0 Å². The fourth-order valence-corrected chi connectivity index (χ4v) is 2.68. The van der Waals surface area contributed by atoms with Crippen molar-refractivity contribution in [2.45, 2.75) is 13.0 Å². The molecule has 2 heterocycles. The summed E-state index contributed by atoms with van der Waals surface area (Å²) in [6, 6.07) is 2.32. The Bertz CT molecular complexity index is 394. The Balaban J connectivity index is 2.36. The molecule has 0 saturated carbocycles. The highest BCUT2D eigenvalue weighted by molar-refractivity contribution is 7.10. The van der Waals surface area contributed by atoms with Gasteiger partial charge in [-0.3, -0.25) is 0 Å². The van der Waals surface area contributed by atoms with Crippen molar-refractivity contribution in [1.29, 1.82) is 0 Å². The van der Waals surface area contributed by atoms with Gasteiger partial charge in [-0.1, -0.05) is 4.49 Å². The smallest absolute Gasteiger partial charge is 0.0970 e. The monoisotopic (exact) mass is 225 g/mol. The minimum atomic E-state index is 0.181. The largest absolute Gasteiger partial charge is 0.308 e. The lowest BCUT2D eigenvalue weighted by molar-refractivity contribution is 0.667. The lowest BCUT2D eigenvalue weighted by Gasteiger charge is -2.12. The molecule has 2 rings (SSSR count). The molecule has 2 aromatic heterocycles. The van der Waals surface area contributed by atoms with Gasteiger partial charge in [-0.15, -0.1) is 16.4 Å². The molecule has 1 atom stereocenters. The zero-order chi connectivity index (χ0) is 9.97. The fourth-order valence-electron chi connectivity index (χ4n) is 1.45. The first kappa shape index (κ1) is 9.76. The van der Waals surface area contributed by atoms with Gasteiger partial charge in [0.25, 0.3) is 0 Å². The summed E-state index contributed by atoms with van der Waals surface area (Å²) in [5, 5.41) is 11.4. The Morgan fingerprint density at radius 2 is 2.36 bits per heavy atom. The Labute approximate surface area is 91.0 Å². The summed E-state index contributed by atoms with van der Waals surface area (Å²) >= 11 is 3.15. The molecule has 0 spiro atoms. The van der Waals surface area contributed by atoms with Crippen LogP contribution in [0.2, 0.25) is 0 Å². The lowest BCUT2D eigenvalue weighted by atomic mass is 10.1. The topological polar surface area (TPSA) is 37.8 Å². The number of rotatable bonds is 3. The van der Waals surface area contributed by atoms with Crippen LogP contribution < -0.4 is 5.32 Å². The average molecular weight is 225 g/mol. The van der Waals surface area contributed by atoms with Crippen LogP contribution in [0.3, 0.4) is 0 Å². The third kappa shape index (κ3) is 1.70. The first-order valence-corrected chi connectivity index (χ1v) is 6.02. The Hall–Kier alpha value is -0.780. The molecule has 0 saturated heterocycles. The minimum absolute atomic E-state index is 0.181. The molecule has 0 aromatic carbocycles. The van der Waals surface area contributed by atoms with Crippen molar-refractivity contribution >= 4 is 22.9 Å². The van der Waals surface area contributed by atoms with Gasteiger partial charge in [-0.25, -0.2) is 0 Å². The van der Waals surface area contributed by atoms with Gasteiger partial charge in [0, 0.05) is 10.3 Å². The molecule has 2 aromatic rings. The van der Waals surface area contributed by atoms with Crippen molar-refractivity contribution < 1.29 is 0 Å². The van der Waals surface area contributed by atoms with Gasteiger partial charge in [0.05, 0.1) is 11.7 Å². The molecule has 0 bridgehead atoms. The van der Waals surface area contributed by atoms with E-state index in [4.69, 9.17) is 0 Å². The molecule has 0 aliphatic heterocycles. The molecule has 14 heavy (non-hydrogen) atoms. The summed E-state index contributed by atoms with van der Waals surface area (Å²) in [5.41, 5.74) is 2.30. The van der Waals surface area contributed by atoms with E-state index in [1.165, 1.54) is 22.0 Å². The third-order valence-electron chi connectivity index (χ3n) is 2.17. The average Bonchev–Trinajstić information content (AvgIpc) is 2.80. The number of hydrogen-bond acceptors (Lipinski definition) is 5. The molecule has 5 heteroatoms. The van der Waals surface area contributed by atoms with Crippen molar-refractivity contribution in [2.75, 3.05) is 7.05 Å². The van der Waals surface area contributed by atoms with Crippen LogP contribution in [-0.2, 0) is 0 Å². The van der Waals surface area contributed by atoms with E-state index in [-0.39, 0.29) is 6.04 Å². The standard InChI is InChI=1S/C9H11N3S2/c1-6-7(3-4-13-6)9(10-2)8-5-14-12-11-8/h3-5,9-10H,1-2H3. The van der Waals surface area contributed by atoms with Gasteiger partial charge < -0.3 is 5.32 Å². The molecule has 0 aliphatic carbocycles. The Kier molecular flexibility index (Phi) is 2.90. The molecular weight excluding hydrogens is 214 g/mol. The van der Waals surface area contributed by atoms with E-state index in [1.54, 1.807) is 11.3 Å². The fraction of sp³-hybridized carbons (Fsp3) is 0.333. The first-order valence-electron chi connectivity index (χ1n) is 4.31. The molecular formula is C9H11N3S2. The van der Waals surface area contributed by atoms with Crippen LogP contribution in [0.15, 0.2) is 16.8 Å². The predicted octanol–water partition coefficient (Wildman–Crippen LogP) is 2.22. The predicted molar refractivity (Wildman–Crippen MR) is 59.9 cm³/mol. The zero-order valence-corrected chi connectivity index (χ0v) is 9.65. The van der Waals surface area contributed by atoms with E-state index in [2.05, 4.69) is 33.3 Å². The summed E-state index contributed by atoms with van der Waals surface area (Å²) in [5.74, 6) is 0. The SMILES string of the molecule is CNC(c1csnn1)c1ccsc1C. The summed E-state index contributed by atoms with van der Waals surface area (Å²) < 4.78 is 3.89. The van der Waals surface area contributed by atoms with Crippen molar-refractivity contribution in [3.8, 4) is 0 Å². The van der Waals surface area contributed by atoms with Crippen molar-refractivity contribution in [3.05, 3.63) is 33.0 Å². The summed E-state index contributed by atoms with van der Waals surface area (Å²) in [4.78, 5) is 1.33. The van der Waals surface area contributed by atoms with Crippen LogP contribution in [0.4, 0.5) is 0 Å². The summed E-state index contributed by atoms with van der Waals surface area (Å²) in [6.07, 6.45) is 0. The quantitative estimate of drug-likeness (QED) is 0.870. The van der Waals surface area contributed by atoms with E-state index >= 15 is 0 Å². The first-order chi connectivity index (χ1) is 6.83. The second-order valence-corrected chi connectivity index (χ2v) is 4.71. The maximum absolute atomic E-state index is 4.10. The molecule has 74 valence electrons. The molecule has 0 amide bonds. The third-order valence-corrected chi connectivity index (χ3v) is 3.56. The molecule has 1 N–H and O–H groups in total. The van der Waals surface area contributed by atoms with Gasteiger partial charge >= 0.3 is 0 Å². The second-order valence-electron chi connectivity index (χ2n) is 2.98. The normalized spacial score (nSPS) is 13.0. The van der Waals surface area contributed by atoms with E-state index in [9.17, 15) is 0 Å². The van der Waals surface area contributed by atoms with Gasteiger partial charge in [0.2, 0.25) is 0 Å². The Morgan fingerprint density at radius 1 is 1.50 bits per heavy atom. The molecule has 0 aliphatic rings. The lowest BCUT2D eigenvalue weighted by Crippen LogP contribution is -2.18. The highest BCUT2D eigenvalue weighted by Gasteiger charge is 2.16. The molecule has 0 fully saturated rings. The van der Waals surface area contributed by atoms with Gasteiger partial charge in [0.15, 0.2) is 0 Å². The van der Waals surface area contributed by atoms with E-state index in [0.29, 0.717) is 0 Å². The van der Waals surface area contributed by atoms with Crippen LogP contribution in [0, 0.1) is 6.92 Å². The van der Waals surface area contributed by atoms with E-state index in [1.807, 2.05) is 12.4 Å².